The molecule has 1 aliphatic rings. The summed E-state index contributed by atoms with van der Waals surface area (Å²) < 4.78 is 10.5. The molecule has 0 saturated carbocycles. The predicted molar refractivity (Wildman–Crippen MR) is 97.0 cm³/mol. The second-order valence-electron chi connectivity index (χ2n) is 6.50. The van der Waals surface area contributed by atoms with Crippen LogP contribution in [0.5, 0.6) is 11.5 Å². The highest BCUT2D eigenvalue weighted by atomic mass is 16.5. The third-order valence-electron chi connectivity index (χ3n) is 4.76. The van der Waals surface area contributed by atoms with Gasteiger partial charge in [0.05, 0.1) is 14.2 Å². The van der Waals surface area contributed by atoms with Crippen molar-refractivity contribution in [2.75, 3.05) is 33.9 Å². The minimum Gasteiger partial charge on any atom is -0.497 e. The quantitative estimate of drug-likeness (QED) is 0.727. The maximum absolute atomic E-state index is 12.2. The van der Waals surface area contributed by atoms with E-state index in [0.29, 0.717) is 43.5 Å². The van der Waals surface area contributed by atoms with E-state index in [1.54, 1.807) is 25.2 Å². The molecule has 2 rings (SSSR count). The van der Waals surface area contributed by atoms with Crippen LogP contribution in [-0.4, -0.2) is 55.7 Å². The summed E-state index contributed by atoms with van der Waals surface area (Å²) in [5.74, 6) is 1.44. The number of rotatable bonds is 8. The fourth-order valence-corrected chi connectivity index (χ4v) is 3.24. The fraction of sp³-hybridized carbons (Fsp3) is 0.579. The number of benzene rings is 1. The van der Waals surface area contributed by atoms with Crippen molar-refractivity contribution in [2.45, 2.75) is 32.2 Å². The first-order chi connectivity index (χ1) is 12.6. The smallest absolute Gasteiger partial charge is 0.248 e. The number of methoxy groups -OCH3 is 2. The second kappa shape index (κ2) is 10.0. The molecule has 7 heteroatoms. The Hall–Kier alpha value is -2.28. The first-order valence-corrected chi connectivity index (χ1v) is 8.93. The molecule has 1 fully saturated rings. The van der Waals surface area contributed by atoms with Gasteiger partial charge in [-0.25, -0.2) is 0 Å². The Kier molecular flexibility index (Phi) is 7.72. The van der Waals surface area contributed by atoms with E-state index in [1.807, 2.05) is 12.1 Å². The Morgan fingerprint density at radius 3 is 2.81 bits per heavy atom. The van der Waals surface area contributed by atoms with Crippen molar-refractivity contribution in [1.82, 2.24) is 10.2 Å². The van der Waals surface area contributed by atoms with Gasteiger partial charge >= 0.3 is 0 Å². The molecule has 26 heavy (non-hydrogen) atoms. The molecule has 1 aromatic rings. The van der Waals surface area contributed by atoms with Crippen molar-refractivity contribution >= 4 is 11.8 Å². The molecule has 0 bridgehead atoms. The van der Waals surface area contributed by atoms with Crippen LogP contribution in [0.25, 0.3) is 0 Å². The summed E-state index contributed by atoms with van der Waals surface area (Å²) in [6, 6.07) is 5.49. The standard InChI is InChI=1S/C19H28N2O5/c1-25-16-7-6-15(17(10-16)26-2)11-20-18(23)8-5-14-4-3-9-21(12-14)19(24)13-22/h6-7,10,14,22H,3-5,8-9,11-13H2,1-2H3,(H,20,23)/t14-/m0/s1. The lowest BCUT2D eigenvalue weighted by atomic mass is 9.93. The average Bonchev–Trinajstić information content (AvgIpc) is 2.70. The Labute approximate surface area is 154 Å². The predicted octanol–water partition coefficient (Wildman–Crippen LogP) is 1.33. The number of amides is 2. The maximum Gasteiger partial charge on any atom is 0.248 e. The van der Waals surface area contributed by atoms with Crippen molar-refractivity contribution < 1.29 is 24.2 Å². The Morgan fingerprint density at radius 1 is 1.31 bits per heavy atom. The van der Waals surface area contributed by atoms with Gasteiger partial charge in [-0.1, -0.05) is 0 Å². The van der Waals surface area contributed by atoms with Gasteiger partial charge in [0.2, 0.25) is 11.8 Å². The summed E-state index contributed by atoms with van der Waals surface area (Å²) in [5, 5.41) is 11.9. The largest absolute Gasteiger partial charge is 0.497 e. The number of likely N-dealkylation sites (tertiary alicyclic amines) is 1. The number of ether oxygens (including phenoxy) is 2. The molecule has 0 spiro atoms. The zero-order chi connectivity index (χ0) is 18.9. The third-order valence-corrected chi connectivity index (χ3v) is 4.76. The molecule has 0 aliphatic carbocycles. The van der Waals surface area contributed by atoms with Gasteiger partial charge in [-0.05, 0) is 37.3 Å². The lowest BCUT2D eigenvalue weighted by Crippen LogP contribution is -2.41. The van der Waals surface area contributed by atoms with Gasteiger partial charge in [-0.3, -0.25) is 9.59 Å². The summed E-state index contributed by atoms with van der Waals surface area (Å²) in [7, 11) is 3.18. The average molecular weight is 364 g/mol. The summed E-state index contributed by atoms with van der Waals surface area (Å²) in [5.41, 5.74) is 0.888. The third kappa shape index (κ3) is 5.62. The lowest BCUT2D eigenvalue weighted by Gasteiger charge is -2.32. The summed E-state index contributed by atoms with van der Waals surface area (Å²) in [6.45, 7) is 1.26. The van der Waals surface area contributed by atoms with Crippen LogP contribution in [-0.2, 0) is 16.1 Å². The molecule has 1 atom stereocenters. The van der Waals surface area contributed by atoms with E-state index in [0.717, 1.165) is 24.8 Å². The monoisotopic (exact) mass is 364 g/mol. The van der Waals surface area contributed by atoms with Crippen LogP contribution in [0.3, 0.4) is 0 Å². The maximum atomic E-state index is 12.2. The number of aliphatic hydroxyl groups is 1. The van der Waals surface area contributed by atoms with Crippen LogP contribution in [0.2, 0.25) is 0 Å². The first-order valence-electron chi connectivity index (χ1n) is 8.93. The number of nitrogens with one attached hydrogen (secondary N) is 1. The number of nitrogens with zero attached hydrogens (tertiary/aromatic N) is 1. The minimum atomic E-state index is -0.448. The molecule has 2 amide bonds. The molecular formula is C19H28N2O5. The van der Waals surface area contributed by atoms with E-state index in [9.17, 15) is 9.59 Å². The topological polar surface area (TPSA) is 88.1 Å². The fourth-order valence-electron chi connectivity index (χ4n) is 3.24. The second-order valence-corrected chi connectivity index (χ2v) is 6.50. The number of hydrogen-bond acceptors (Lipinski definition) is 5. The van der Waals surface area contributed by atoms with E-state index in [1.165, 1.54) is 0 Å². The van der Waals surface area contributed by atoms with Crippen LogP contribution in [0, 0.1) is 5.92 Å². The highest BCUT2D eigenvalue weighted by Crippen LogP contribution is 2.24. The van der Waals surface area contributed by atoms with Gasteiger partial charge in [0.1, 0.15) is 18.1 Å². The van der Waals surface area contributed by atoms with Gasteiger partial charge in [-0.2, -0.15) is 0 Å². The van der Waals surface area contributed by atoms with E-state index in [-0.39, 0.29) is 11.8 Å². The van der Waals surface area contributed by atoms with Gasteiger partial charge in [0.15, 0.2) is 0 Å². The van der Waals surface area contributed by atoms with Crippen LogP contribution >= 0.6 is 0 Å². The van der Waals surface area contributed by atoms with Crippen LogP contribution in [0.1, 0.15) is 31.2 Å². The van der Waals surface area contributed by atoms with E-state index in [4.69, 9.17) is 14.6 Å². The molecule has 7 nitrogen and oxygen atoms in total. The summed E-state index contributed by atoms with van der Waals surface area (Å²) in [6.07, 6.45) is 3.08. The number of carbonyl (C=O) groups excluding carboxylic acids is 2. The number of aliphatic hydroxyl groups excluding tert-OH is 1. The molecule has 2 N–H and O–H groups in total. The van der Waals surface area contributed by atoms with Crippen molar-refractivity contribution in [2.24, 2.45) is 5.92 Å². The summed E-state index contributed by atoms with van der Waals surface area (Å²) in [4.78, 5) is 25.4. The molecule has 1 heterocycles. The molecule has 1 aliphatic heterocycles. The molecule has 0 unspecified atom stereocenters. The Morgan fingerprint density at radius 2 is 2.12 bits per heavy atom. The highest BCUT2D eigenvalue weighted by molar-refractivity contribution is 5.77. The van der Waals surface area contributed by atoms with Crippen LogP contribution < -0.4 is 14.8 Å². The van der Waals surface area contributed by atoms with Crippen molar-refractivity contribution in [1.29, 1.82) is 0 Å². The van der Waals surface area contributed by atoms with Gasteiger partial charge < -0.3 is 24.8 Å². The zero-order valence-corrected chi connectivity index (χ0v) is 15.5. The summed E-state index contributed by atoms with van der Waals surface area (Å²) >= 11 is 0. The van der Waals surface area contributed by atoms with Crippen LogP contribution in [0.15, 0.2) is 18.2 Å². The SMILES string of the molecule is COc1ccc(CNC(=O)CC[C@@H]2CCCN(C(=O)CO)C2)c(OC)c1. The lowest BCUT2D eigenvalue weighted by molar-refractivity contribution is -0.136. The molecule has 1 aromatic carbocycles. The molecule has 0 radical (unpaired) electrons. The molecule has 144 valence electrons. The minimum absolute atomic E-state index is 0.0199. The number of hydrogen-bond donors (Lipinski definition) is 2. The Balaban J connectivity index is 1.78. The molecule has 1 saturated heterocycles. The number of carbonyl (C=O) groups is 2. The number of piperidine rings is 1. The van der Waals surface area contributed by atoms with E-state index in [2.05, 4.69) is 5.32 Å². The zero-order valence-electron chi connectivity index (χ0n) is 15.5. The van der Waals surface area contributed by atoms with Gasteiger partial charge in [0, 0.05) is 37.7 Å². The van der Waals surface area contributed by atoms with Crippen molar-refractivity contribution in [3.05, 3.63) is 23.8 Å². The molecule has 0 aromatic heterocycles. The van der Waals surface area contributed by atoms with Gasteiger partial charge in [0.25, 0.3) is 0 Å². The molecular weight excluding hydrogens is 336 g/mol. The van der Waals surface area contributed by atoms with E-state index >= 15 is 0 Å². The Bertz CT molecular complexity index is 620. The van der Waals surface area contributed by atoms with Crippen molar-refractivity contribution in [3.8, 4) is 11.5 Å². The first kappa shape index (κ1) is 20.0. The normalized spacial score (nSPS) is 16.9. The van der Waals surface area contributed by atoms with E-state index < -0.39 is 6.61 Å². The van der Waals surface area contributed by atoms with Gasteiger partial charge in [-0.15, -0.1) is 0 Å². The van der Waals surface area contributed by atoms with Crippen LogP contribution in [0.4, 0.5) is 0 Å². The highest BCUT2D eigenvalue weighted by Gasteiger charge is 2.23. The van der Waals surface area contributed by atoms with Crippen molar-refractivity contribution in [3.63, 3.8) is 0 Å².